The lowest BCUT2D eigenvalue weighted by Gasteiger charge is -2.03. The number of hydrogen-bond acceptors (Lipinski definition) is 4. The van der Waals surface area contributed by atoms with E-state index >= 15 is 0 Å². The van der Waals surface area contributed by atoms with E-state index in [9.17, 15) is 8.42 Å². The van der Waals surface area contributed by atoms with Crippen LogP contribution in [0.25, 0.3) is 0 Å². The Labute approximate surface area is 73.5 Å². The van der Waals surface area contributed by atoms with E-state index in [1.807, 2.05) is 0 Å². The normalized spacial score (nSPS) is 10.8. The monoisotopic (exact) mass is 199 g/mol. The van der Waals surface area contributed by atoms with E-state index in [2.05, 4.69) is 19.2 Å². The lowest BCUT2D eigenvalue weighted by molar-refractivity contribution is 0.287. The molecule has 76 valence electrons. The molecular weight excluding hydrogens is 182 g/mol. The van der Waals surface area contributed by atoms with Gasteiger partial charge in [-0.25, -0.2) is 0 Å². The zero-order valence-electron chi connectivity index (χ0n) is 7.61. The minimum atomic E-state index is -3.67. The van der Waals surface area contributed by atoms with Crippen LogP contribution in [0.15, 0.2) is 0 Å². The average molecular weight is 199 g/mol. The Morgan fingerprint density at radius 2 is 1.75 bits per heavy atom. The Hall–Kier alpha value is -0.170. The van der Waals surface area contributed by atoms with Crippen LogP contribution in [0, 0.1) is 0 Å². The van der Waals surface area contributed by atoms with Gasteiger partial charge >= 0.3 is 0 Å². The zero-order valence-corrected chi connectivity index (χ0v) is 8.43. The molecule has 0 saturated carbocycles. The summed E-state index contributed by atoms with van der Waals surface area (Å²) in [6.45, 7) is 5.04. The SMILES string of the molecule is CC(C)NCCO.CS(=O)(=O)O. The molecule has 0 radical (unpaired) electrons. The summed E-state index contributed by atoms with van der Waals surface area (Å²) in [4.78, 5) is 0. The van der Waals surface area contributed by atoms with Crippen molar-refractivity contribution in [3.63, 3.8) is 0 Å². The largest absolute Gasteiger partial charge is 0.395 e. The molecule has 0 fully saturated rings. The van der Waals surface area contributed by atoms with Crippen molar-refractivity contribution < 1.29 is 18.1 Å². The fourth-order valence-corrected chi connectivity index (χ4v) is 0.353. The first kappa shape index (κ1) is 14.4. The third kappa shape index (κ3) is 52.2. The van der Waals surface area contributed by atoms with Gasteiger partial charge < -0.3 is 10.4 Å². The molecule has 0 amide bonds. The third-order valence-electron chi connectivity index (χ3n) is 0.664. The molecule has 0 bridgehead atoms. The van der Waals surface area contributed by atoms with Crippen LogP contribution in [0.5, 0.6) is 0 Å². The molecule has 0 rings (SSSR count). The van der Waals surface area contributed by atoms with Crippen LogP contribution in [0.3, 0.4) is 0 Å². The van der Waals surface area contributed by atoms with Crippen molar-refractivity contribution in [2.75, 3.05) is 19.4 Å². The van der Waals surface area contributed by atoms with Gasteiger partial charge in [0.25, 0.3) is 10.1 Å². The highest BCUT2D eigenvalue weighted by molar-refractivity contribution is 7.85. The Morgan fingerprint density at radius 3 is 1.83 bits per heavy atom. The molecule has 0 aromatic rings. The maximum atomic E-state index is 9.19. The summed E-state index contributed by atoms with van der Waals surface area (Å²) < 4.78 is 25.9. The van der Waals surface area contributed by atoms with E-state index in [0.29, 0.717) is 18.8 Å². The number of nitrogens with one attached hydrogen (secondary N) is 1. The highest BCUT2D eigenvalue weighted by Crippen LogP contribution is 1.71. The van der Waals surface area contributed by atoms with E-state index in [-0.39, 0.29) is 6.61 Å². The van der Waals surface area contributed by atoms with Crippen LogP contribution < -0.4 is 5.32 Å². The van der Waals surface area contributed by atoms with Crippen LogP contribution in [-0.2, 0) is 10.1 Å². The summed E-state index contributed by atoms with van der Waals surface area (Å²) >= 11 is 0. The second kappa shape index (κ2) is 7.48. The topological polar surface area (TPSA) is 86.6 Å². The maximum absolute atomic E-state index is 9.19. The molecule has 0 aliphatic heterocycles. The summed E-state index contributed by atoms with van der Waals surface area (Å²) in [5.41, 5.74) is 0. The standard InChI is InChI=1S/C5H13NO.CH4O3S/c1-5(2)6-3-4-7;1-5(2,3)4/h5-7H,3-4H2,1-2H3;1H3,(H,2,3,4). The van der Waals surface area contributed by atoms with Gasteiger partial charge in [0.05, 0.1) is 12.9 Å². The van der Waals surface area contributed by atoms with Gasteiger partial charge in [-0.3, -0.25) is 4.55 Å². The van der Waals surface area contributed by atoms with Crippen molar-refractivity contribution in [3.8, 4) is 0 Å². The van der Waals surface area contributed by atoms with Crippen molar-refractivity contribution in [2.24, 2.45) is 0 Å². The molecule has 0 aliphatic carbocycles. The van der Waals surface area contributed by atoms with Crippen LogP contribution in [0.1, 0.15) is 13.8 Å². The molecular formula is C6H17NO4S. The summed E-state index contributed by atoms with van der Waals surface area (Å²) in [5.74, 6) is 0. The molecule has 0 heterocycles. The second-order valence-electron chi connectivity index (χ2n) is 2.57. The second-order valence-corrected chi connectivity index (χ2v) is 4.03. The predicted octanol–water partition coefficient (Wildman–Crippen LogP) is -0.519. The molecule has 0 spiro atoms. The van der Waals surface area contributed by atoms with Crippen molar-refractivity contribution in [3.05, 3.63) is 0 Å². The van der Waals surface area contributed by atoms with Gasteiger partial charge in [-0.2, -0.15) is 8.42 Å². The zero-order chi connectivity index (χ0) is 10.2. The Balaban J connectivity index is 0. The summed E-state index contributed by atoms with van der Waals surface area (Å²) in [5, 5.41) is 11.3. The van der Waals surface area contributed by atoms with E-state index in [1.165, 1.54) is 0 Å². The van der Waals surface area contributed by atoms with E-state index in [1.54, 1.807) is 0 Å². The van der Waals surface area contributed by atoms with Gasteiger partial charge in [-0.1, -0.05) is 13.8 Å². The Kier molecular flexibility index (Phi) is 8.95. The van der Waals surface area contributed by atoms with E-state index < -0.39 is 10.1 Å². The van der Waals surface area contributed by atoms with Gasteiger partial charge in [0.1, 0.15) is 0 Å². The molecule has 0 unspecified atom stereocenters. The minimum absolute atomic E-state index is 0.234. The highest BCUT2D eigenvalue weighted by atomic mass is 32.2. The van der Waals surface area contributed by atoms with Gasteiger partial charge in [-0.05, 0) is 0 Å². The molecule has 3 N–H and O–H groups in total. The predicted molar refractivity (Wildman–Crippen MR) is 47.7 cm³/mol. The summed E-state index contributed by atoms with van der Waals surface area (Å²) in [6, 6.07) is 0.493. The molecule has 6 heteroatoms. The quantitative estimate of drug-likeness (QED) is 0.532. The Morgan fingerprint density at radius 1 is 1.42 bits per heavy atom. The van der Waals surface area contributed by atoms with Crippen molar-refractivity contribution >= 4 is 10.1 Å². The molecule has 0 atom stereocenters. The molecule has 0 aliphatic rings. The molecule has 12 heavy (non-hydrogen) atoms. The number of hydrogen-bond donors (Lipinski definition) is 3. The van der Waals surface area contributed by atoms with Crippen LogP contribution in [0.4, 0.5) is 0 Å². The lowest BCUT2D eigenvalue weighted by Crippen LogP contribution is -2.25. The Bertz CT molecular complexity index is 168. The fraction of sp³-hybridized carbons (Fsp3) is 1.00. The smallest absolute Gasteiger partial charge is 0.261 e. The van der Waals surface area contributed by atoms with Crippen molar-refractivity contribution in [1.29, 1.82) is 0 Å². The highest BCUT2D eigenvalue weighted by Gasteiger charge is 1.86. The van der Waals surface area contributed by atoms with Crippen LogP contribution in [-0.4, -0.2) is 43.5 Å². The summed E-state index contributed by atoms with van der Waals surface area (Å²) in [7, 11) is -3.67. The van der Waals surface area contributed by atoms with E-state index in [4.69, 9.17) is 9.66 Å². The first-order valence-electron chi connectivity index (χ1n) is 3.54. The average Bonchev–Trinajstić information content (AvgIpc) is 1.79. The maximum Gasteiger partial charge on any atom is 0.261 e. The van der Waals surface area contributed by atoms with Gasteiger partial charge in [0.2, 0.25) is 0 Å². The van der Waals surface area contributed by atoms with Gasteiger partial charge in [0.15, 0.2) is 0 Å². The third-order valence-corrected chi connectivity index (χ3v) is 0.664. The molecule has 0 aromatic carbocycles. The summed E-state index contributed by atoms with van der Waals surface area (Å²) in [6.07, 6.45) is 0.715. The van der Waals surface area contributed by atoms with Crippen molar-refractivity contribution in [1.82, 2.24) is 5.32 Å². The molecule has 5 nitrogen and oxygen atoms in total. The van der Waals surface area contributed by atoms with Gasteiger partial charge in [-0.15, -0.1) is 0 Å². The lowest BCUT2D eigenvalue weighted by atomic mass is 10.4. The molecule has 0 aromatic heterocycles. The van der Waals surface area contributed by atoms with Gasteiger partial charge in [0, 0.05) is 12.6 Å². The number of rotatable bonds is 3. The van der Waals surface area contributed by atoms with E-state index in [0.717, 1.165) is 0 Å². The minimum Gasteiger partial charge on any atom is -0.395 e. The van der Waals surface area contributed by atoms with Crippen molar-refractivity contribution in [2.45, 2.75) is 19.9 Å². The fourth-order valence-electron chi connectivity index (χ4n) is 0.353. The number of aliphatic hydroxyl groups is 1. The first-order chi connectivity index (χ1) is 5.27. The first-order valence-corrected chi connectivity index (χ1v) is 5.39. The molecule has 0 saturated heterocycles. The van der Waals surface area contributed by atoms with Crippen LogP contribution in [0.2, 0.25) is 0 Å². The van der Waals surface area contributed by atoms with Crippen LogP contribution >= 0.6 is 0 Å². The number of aliphatic hydroxyl groups excluding tert-OH is 1.